The molecule has 0 aromatic heterocycles. The van der Waals surface area contributed by atoms with Crippen LogP contribution in [-0.4, -0.2) is 18.4 Å². The van der Waals surface area contributed by atoms with Gasteiger partial charge in [0.2, 0.25) is 0 Å². The molecule has 0 unspecified atom stereocenters. The molecule has 0 aliphatic carbocycles. The largest absolute Gasteiger partial charge is 0.324 e. The number of nitrogens with one attached hydrogen (secondary N) is 1. The molecule has 0 spiro atoms. The number of benzene rings is 2. The standard InChI is InChI=1S/C17H15F2NO2/c18-11-17(22)20-15-8-1-12(2-9-15)3-10-16(21)13-4-6-14(19)7-5-13/h1-2,4-9H,3,10-11H2,(H,20,22). The number of hydrogen-bond acceptors (Lipinski definition) is 2. The molecule has 0 saturated carbocycles. The van der Waals surface area contributed by atoms with E-state index in [4.69, 9.17) is 0 Å². The topological polar surface area (TPSA) is 46.2 Å². The zero-order valence-electron chi connectivity index (χ0n) is 11.8. The van der Waals surface area contributed by atoms with Crippen LogP contribution in [0, 0.1) is 5.82 Å². The Morgan fingerprint density at radius 1 is 0.955 bits per heavy atom. The van der Waals surface area contributed by atoms with Crippen molar-refractivity contribution in [3.63, 3.8) is 0 Å². The van der Waals surface area contributed by atoms with Crippen LogP contribution in [0.25, 0.3) is 0 Å². The van der Waals surface area contributed by atoms with E-state index in [0.29, 0.717) is 24.1 Å². The zero-order valence-corrected chi connectivity index (χ0v) is 11.8. The van der Waals surface area contributed by atoms with E-state index in [9.17, 15) is 18.4 Å². The van der Waals surface area contributed by atoms with Gasteiger partial charge in [0, 0.05) is 17.7 Å². The van der Waals surface area contributed by atoms with Gasteiger partial charge >= 0.3 is 0 Å². The predicted molar refractivity (Wildman–Crippen MR) is 80.1 cm³/mol. The predicted octanol–water partition coefficient (Wildman–Crippen LogP) is 3.55. The van der Waals surface area contributed by atoms with E-state index in [1.807, 2.05) is 0 Å². The van der Waals surface area contributed by atoms with Crippen LogP contribution in [0.4, 0.5) is 14.5 Å². The minimum atomic E-state index is -1.06. The Morgan fingerprint density at radius 2 is 1.59 bits per heavy atom. The smallest absolute Gasteiger partial charge is 0.255 e. The summed E-state index contributed by atoms with van der Waals surface area (Å²) in [5.41, 5.74) is 1.91. The van der Waals surface area contributed by atoms with Gasteiger partial charge in [0.25, 0.3) is 5.91 Å². The highest BCUT2D eigenvalue weighted by molar-refractivity contribution is 5.96. The molecule has 0 heterocycles. The van der Waals surface area contributed by atoms with Gasteiger partial charge in [-0.05, 0) is 48.4 Å². The van der Waals surface area contributed by atoms with Crippen LogP contribution in [-0.2, 0) is 11.2 Å². The van der Waals surface area contributed by atoms with Crippen LogP contribution >= 0.6 is 0 Å². The normalized spacial score (nSPS) is 10.3. The molecule has 2 aromatic carbocycles. The molecule has 114 valence electrons. The van der Waals surface area contributed by atoms with E-state index in [-0.39, 0.29) is 11.6 Å². The van der Waals surface area contributed by atoms with Crippen molar-refractivity contribution in [1.82, 2.24) is 0 Å². The van der Waals surface area contributed by atoms with Gasteiger partial charge < -0.3 is 5.32 Å². The summed E-state index contributed by atoms with van der Waals surface area (Å²) in [7, 11) is 0. The SMILES string of the molecule is O=C(CF)Nc1ccc(CCC(=O)c2ccc(F)cc2)cc1. The Kier molecular flexibility index (Phi) is 5.36. The van der Waals surface area contributed by atoms with Crippen LogP contribution in [0.2, 0.25) is 0 Å². The summed E-state index contributed by atoms with van der Waals surface area (Å²) < 4.78 is 24.9. The fourth-order valence-corrected chi connectivity index (χ4v) is 1.99. The van der Waals surface area contributed by atoms with Crippen molar-refractivity contribution in [2.24, 2.45) is 0 Å². The summed E-state index contributed by atoms with van der Waals surface area (Å²) >= 11 is 0. The van der Waals surface area contributed by atoms with Gasteiger partial charge in [-0.1, -0.05) is 12.1 Å². The number of hydrogen-bond donors (Lipinski definition) is 1. The molecule has 0 atom stereocenters. The molecule has 0 bridgehead atoms. The second kappa shape index (κ2) is 7.45. The zero-order chi connectivity index (χ0) is 15.9. The average Bonchev–Trinajstić information content (AvgIpc) is 2.54. The van der Waals surface area contributed by atoms with Gasteiger partial charge in [-0.2, -0.15) is 0 Å². The second-order valence-corrected chi connectivity index (χ2v) is 4.81. The molecule has 0 aliphatic rings. The monoisotopic (exact) mass is 303 g/mol. The highest BCUT2D eigenvalue weighted by Crippen LogP contribution is 2.13. The summed E-state index contributed by atoms with van der Waals surface area (Å²) in [5.74, 6) is -1.13. The minimum absolute atomic E-state index is 0.0604. The Balaban J connectivity index is 1.90. The van der Waals surface area contributed by atoms with Crippen LogP contribution in [0.3, 0.4) is 0 Å². The Morgan fingerprint density at radius 3 is 2.18 bits per heavy atom. The fourth-order valence-electron chi connectivity index (χ4n) is 1.99. The molecule has 0 fully saturated rings. The molecule has 5 heteroatoms. The quantitative estimate of drug-likeness (QED) is 0.830. The lowest BCUT2D eigenvalue weighted by Crippen LogP contribution is -2.12. The highest BCUT2D eigenvalue weighted by Gasteiger charge is 2.07. The van der Waals surface area contributed by atoms with Crippen molar-refractivity contribution in [1.29, 1.82) is 0 Å². The number of rotatable bonds is 6. The summed E-state index contributed by atoms with van der Waals surface area (Å²) in [6.07, 6.45) is 0.843. The average molecular weight is 303 g/mol. The van der Waals surface area contributed by atoms with Crippen LogP contribution in [0.15, 0.2) is 48.5 Å². The summed E-state index contributed by atoms with van der Waals surface area (Å²) in [6.45, 7) is -1.06. The van der Waals surface area contributed by atoms with Crippen molar-refractivity contribution in [3.05, 3.63) is 65.5 Å². The van der Waals surface area contributed by atoms with Gasteiger partial charge in [-0.3, -0.25) is 9.59 Å². The Bertz CT molecular complexity index is 651. The van der Waals surface area contributed by atoms with E-state index in [1.54, 1.807) is 24.3 Å². The first-order valence-corrected chi connectivity index (χ1v) is 6.82. The van der Waals surface area contributed by atoms with Crippen LogP contribution in [0.1, 0.15) is 22.3 Å². The number of Topliss-reactive ketones (excluding diaryl/α,β-unsaturated/α-hetero) is 1. The number of alkyl halides is 1. The first kappa shape index (κ1) is 15.8. The Hall–Kier alpha value is -2.56. The molecule has 3 nitrogen and oxygen atoms in total. The lowest BCUT2D eigenvalue weighted by atomic mass is 10.0. The third-order valence-corrected chi connectivity index (χ3v) is 3.17. The van der Waals surface area contributed by atoms with Gasteiger partial charge in [0.15, 0.2) is 12.5 Å². The number of carbonyl (C=O) groups is 2. The molecule has 0 saturated heterocycles. The van der Waals surface area contributed by atoms with Crippen molar-refractivity contribution in [2.45, 2.75) is 12.8 Å². The lowest BCUT2D eigenvalue weighted by Gasteiger charge is -2.05. The van der Waals surface area contributed by atoms with Crippen molar-refractivity contribution in [2.75, 3.05) is 12.0 Å². The fraction of sp³-hybridized carbons (Fsp3) is 0.176. The highest BCUT2D eigenvalue weighted by atomic mass is 19.1. The molecular weight excluding hydrogens is 288 g/mol. The number of amides is 1. The number of carbonyl (C=O) groups excluding carboxylic acids is 2. The van der Waals surface area contributed by atoms with Crippen LogP contribution in [0.5, 0.6) is 0 Å². The maximum atomic E-state index is 12.8. The third-order valence-electron chi connectivity index (χ3n) is 3.17. The molecular formula is C17H15F2NO2. The summed E-state index contributed by atoms with van der Waals surface area (Å²) in [4.78, 5) is 22.9. The first-order chi connectivity index (χ1) is 10.6. The molecule has 0 radical (unpaired) electrons. The first-order valence-electron chi connectivity index (χ1n) is 6.82. The summed E-state index contributed by atoms with van der Waals surface area (Å²) in [5, 5.41) is 2.40. The van der Waals surface area contributed by atoms with Crippen molar-refractivity contribution >= 4 is 17.4 Å². The number of halogens is 2. The third kappa shape index (κ3) is 4.48. The maximum Gasteiger partial charge on any atom is 0.255 e. The van der Waals surface area contributed by atoms with Gasteiger partial charge in [0.1, 0.15) is 5.82 Å². The van der Waals surface area contributed by atoms with E-state index >= 15 is 0 Å². The van der Waals surface area contributed by atoms with Gasteiger partial charge in [0.05, 0.1) is 0 Å². The van der Waals surface area contributed by atoms with Gasteiger partial charge in [-0.25, -0.2) is 8.78 Å². The molecule has 22 heavy (non-hydrogen) atoms. The van der Waals surface area contributed by atoms with E-state index in [0.717, 1.165) is 5.56 Å². The Labute approximate surface area is 127 Å². The maximum absolute atomic E-state index is 12.8. The molecule has 0 aliphatic heterocycles. The van der Waals surface area contributed by atoms with E-state index in [2.05, 4.69) is 5.32 Å². The lowest BCUT2D eigenvalue weighted by molar-refractivity contribution is -0.117. The molecule has 2 aromatic rings. The number of anilines is 1. The molecule has 2 rings (SSSR count). The minimum Gasteiger partial charge on any atom is -0.324 e. The number of aryl methyl sites for hydroxylation is 1. The van der Waals surface area contributed by atoms with Crippen LogP contribution < -0.4 is 5.32 Å². The second-order valence-electron chi connectivity index (χ2n) is 4.81. The van der Waals surface area contributed by atoms with Gasteiger partial charge in [-0.15, -0.1) is 0 Å². The van der Waals surface area contributed by atoms with E-state index < -0.39 is 12.6 Å². The molecule has 1 N–H and O–H groups in total. The van der Waals surface area contributed by atoms with Crippen molar-refractivity contribution < 1.29 is 18.4 Å². The van der Waals surface area contributed by atoms with E-state index in [1.165, 1.54) is 24.3 Å². The van der Waals surface area contributed by atoms with Crippen molar-refractivity contribution in [3.8, 4) is 0 Å². The molecule has 1 amide bonds. The number of ketones is 1. The summed E-state index contributed by atoms with van der Waals surface area (Å²) in [6, 6.07) is 12.3.